The van der Waals surface area contributed by atoms with E-state index in [0.717, 1.165) is 11.1 Å². The second-order valence-electron chi connectivity index (χ2n) is 8.00. The van der Waals surface area contributed by atoms with Gasteiger partial charge in [0, 0.05) is 16.9 Å². The lowest BCUT2D eigenvalue weighted by Gasteiger charge is -2.54. The summed E-state index contributed by atoms with van der Waals surface area (Å²) in [6.07, 6.45) is 4.24. The van der Waals surface area contributed by atoms with Crippen LogP contribution >= 0.6 is 0 Å². The highest BCUT2D eigenvalue weighted by Gasteiger charge is 2.63. The zero-order chi connectivity index (χ0) is 19.4. The summed E-state index contributed by atoms with van der Waals surface area (Å²) >= 11 is 0. The second-order valence-corrected chi connectivity index (χ2v) is 8.00. The monoisotopic (exact) mass is 350 g/mol. The predicted octanol–water partition coefficient (Wildman–Crippen LogP) is 4.80. The van der Waals surface area contributed by atoms with Crippen LogP contribution in [-0.2, 0) is 9.59 Å². The van der Waals surface area contributed by atoms with Gasteiger partial charge < -0.3 is 5.11 Å². The van der Waals surface area contributed by atoms with Crippen LogP contribution in [0.4, 0.5) is 0 Å². The molecular formula is C23H26O3. The summed E-state index contributed by atoms with van der Waals surface area (Å²) in [6.45, 7) is 13.0. The quantitative estimate of drug-likeness (QED) is 0.833. The number of phenolic OH excluding ortho intramolecular Hbond substituents is 1. The fraction of sp³-hybridized carbons (Fsp3) is 0.391. The molecule has 0 spiro atoms. The third-order valence-electron chi connectivity index (χ3n) is 6.84. The Morgan fingerprint density at radius 3 is 2.35 bits per heavy atom. The topological polar surface area (TPSA) is 54.4 Å². The number of Topliss-reactive ketones (excluding diaryl/α,β-unsaturated/α-hetero) is 2. The van der Waals surface area contributed by atoms with Crippen LogP contribution < -0.4 is 0 Å². The summed E-state index contributed by atoms with van der Waals surface area (Å²) in [5, 5.41) is 10.8. The lowest BCUT2D eigenvalue weighted by Crippen LogP contribution is -2.57. The van der Waals surface area contributed by atoms with E-state index < -0.39 is 16.7 Å². The highest BCUT2D eigenvalue weighted by atomic mass is 16.3. The molecule has 0 saturated heterocycles. The Labute approximate surface area is 155 Å². The average Bonchev–Trinajstić information content (AvgIpc) is 2.63. The number of carbonyl (C=O) groups excluding carboxylic acids is 2. The van der Waals surface area contributed by atoms with Crippen molar-refractivity contribution < 1.29 is 14.7 Å². The van der Waals surface area contributed by atoms with E-state index in [9.17, 15) is 14.7 Å². The smallest absolute Gasteiger partial charge is 0.166 e. The molecular weight excluding hydrogens is 324 g/mol. The lowest BCUT2D eigenvalue weighted by atomic mass is 9.45. The number of ketones is 2. The Morgan fingerprint density at radius 2 is 1.73 bits per heavy atom. The molecule has 3 heteroatoms. The van der Waals surface area contributed by atoms with E-state index in [2.05, 4.69) is 6.58 Å². The Morgan fingerprint density at radius 1 is 1.12 bits per heavy atom. The summed E-state index contributed by atoms with van der Waals surface area (Å²) in [5.41, 5.74) is 1.57. The Bertz CT molecular complexity index is 902. The summed E-state index contributed by atoms with van der Waals surface area (Å²) in [5.74, 6) is -0.234. The van der Waals surface area contributed by atoms with Crippen LogP contribution in [0.3, 0.4) is 0 Å². The number of phenols is 1. The molecule has 1 aromatic carbocycles. The van der Waals surface area contributed by atoms with Gasteiger partial charge in [0.25, 0.3) is 0 Å². The number of hydrogen-bond donors (Lipinski definition) is 1. The molecule has 2 aliphatic rings. The molecule has 1 N–H and O–H groups in total. The molecule has 3 atom stereocenters. The number of benzene rings is 1. The van der Waals surface area contributed by atoms with Crippen LogP contribution in [-0.4, -0.2) is 16.7 Å². The minimum atomic E-state index is -0.975. The highest BCUT2D eigenvalue weighted by molar-refractivity contribution is 6.17. The fourth-order valence-electron chi connectivity index (χ4n) is 4.76. The van der Waals surface area contributed by atoms with Crippen LogP contribution in [0.1, 0.15) is 51.2 Å². The molecule has 0 heterocycles. The molecule has 136 valence electrons. The van der Waals surface area contributed by atoms with Crippen molar-refractivity contribution in [3.05, 3.63) is 64.8 Å². The molecule has 0 bridgehead atoms. The fourth-order valence-corrected chi connectivity index (χ4v) is 4.76. The van der Waals surface area contributed by atoms with Crippen molar-refractivity contribution >= 4 is 11.6 Å². The van der Waals surface area contributed by atoms with Crippen molar-refractivity contribution in [3.8, 4) is 5.75 Å². The van der Waals surface area contributed by atoms with Gasteiger partial charge in [0.05, 0.1) is 5.41 Å². The number of rotatable bonds is 2. The van der Waals surface area contributed by atoms with Crippen molar-refractivity contribution in [2.24, 2.45) is 10.8 Å². The maximum atomic E-state index is 13.5. The van der Waals surface area contributed by atoms with E-state index in [1.54, 1.807) is 19.9 Å². The molecule has 0 amide bonds. The Kier molecular flexibility index (Phi) is 4.10. The van der Waals surface area contributed by atoms with E-state index in [1.165, 1.54) is 0 Å². The second kappa shape index (κ2) is 5.80. The van der Waals surface area contributed by atoms with E-state index in [-0.39, 0.29) is 17.3 Å². The number of carbonyl (C=O) groups is 2. The third kappa shape index (κ3) is 2.06. The van der Waals surface area contributed by atoms with E-state index in [1.807, 2.05) is 45.0 Å². The summed E-state index contributed by atoms with van der Waals surface area (Å²) in [6, 6.07) is 5.56. The van der Waals surface area contributed by atoms with Crippen molar-refractivity contribution in [3.63, 3.8) is 0 Å². The van der Waals surface area contributed by atoms with Crippen LogP contribution in [0.15, 0.2) is 53.6 Å². The number of hydrogen-bond acceptors (Lipinski definition) is 3. The molecule has 1 aromatic rings. The Balaban J connectivity index is 2.38. The largest absolute Gasteiger partial charge is 0.507 e. The lowest BCUT2D eigenvalue weighted by molar-refractivity contribution is -0.147. The highest BCUT2D eigenvalue weighted by Crippen LogP contribution is 2.62. The first-order valence-corrected chi connectivity index (χ1v) is 8.99. The van der Waals surface area contributed by atoms with Crippen LogP contribution in [0, 0.1) is 17.8 Å². The SMILES string of the molecule is C=CC1=CC[C@@]2(C)C(=O)C(C)=C(C)C(=O)[C@@]2(C)[C@H]1c1cccc(C)c1O. The van der Waals surface area contributed by atoms with Gasteiger partial charge in [0.2, 0.25) is 0 Å². The molecule has 2 aliphatic carbocycles. The predicted molar refractivity (Wildman–Crippen MR) is 103 cm³/mol. The zero-order valence-corrected chi connectivity index (χ0v) is 16.1. The minimum Gasteiger partial charge on any atom is -0.507 e. The van der Waals surface area contributed by atoms with Gasteiger partial charge in [0.1, 0.15) is 5.75 Å². The average molecular weight is 350 g/mol. The van der Waals surface area contributed by atoms with Gasteiger partial charge >= 0.3 is 0 Å². The molecule has 0 fully saturated rings. The summed E-state index contributed by atoms with van der Waals surface area (Å²) < 4.78 is 0. The van der Waals surface area contributed by atoms with Gasteiger partial charge in [-0.2, -0.15) is 0 Å². The number of allylic oxidation sites excluding steroid dienone is 5. The van der Waals surface area contributed by atoms with Crippen LogP contribution in [0.2, 0.25) is 0 Å². The molecule has 0 saturated carbocycles. The van der Waals surface area contributed by atoms with Gasteiger partial charge in [0.15, 0.2) is 11.6 Å². The van der Waals surface area contributed by atoms with Crippen LogP contribution in [0.5, 0.6) is 5.75 Å². The first-order chi connectivity index (χ1) is 12.1. The molecule has 3 rings (SSSR count). The van der Waals surface area contributed by atoms with Crippen molar-refractivity contribution in [2.75, 3.05) is 0 Å². The summed E-state index contributed by atoms with van der Waals surface area (Å²) in [7, 11) is 0. The van der Waals surface area contributed by atoms with Crippen molar-refractivity contribution in [1.82, 2.24) is 0 Å². The van der Waals surface area contributed by atoms with Gasteiger partial charge in [-0.1, -0.05) is 50.8 Å². The number of aryl methyl sites for hydroxylation is 1. The van der Waals surface area contributed by atoms with Gasteiger partial charge in [-0.05, 0) is 49.5 Å². The Hall–Kier alpha value is -2.42. The molecule has 3 nitrogen and oxygen atoms in total. The maximum absolute atomic E-state index is 13.5. The van der Waals surface area contributed by atoms with E-state index in [4.69, 9.17) is 0 Å². The molecule has 0 unspecified atom stereocenters. The standard InChI is InChI=1S/C23H26O3/c1-7-16-11-12-22(5)20(25)14(3)15(4)21(26)23(22,6)18(16)17-10-8-9-13(2)19(17)24/h7-11,18,24H,1,12H2,2-6H3/t18-,22+,23-/m1/s1. The normalized spacial score (nSPS) is 31.6. The molecule has 0 aliphatic heterocycles. The zero-order valence-electron chi connectivity index (χ0n) is 16.1. The van der Waals surface area contributed by atoms with Gasteiger partial charge in [-0.15, -0.1) is 0 Å². The maximum Gasteiger partial charge on any atom is 0.166 e. The van der Waals surface area contributed by atoms with Gasteiger partial charge in [-0.3, -0.25) is 9.59 Å². The van der Waals surface area contributed by atoms with Crippen LogP contribution in [0.25, 0.3) is 0 Å². The summed E-state index contributed by atoms with van der Waals surface area (Å²) in [4.78, 5) is 26.8. The minimum absolute atomic E-state index is 0.0181. The first kappa shape index (κ1) is 18.4. The molecule has 0 aromatic heterocycles. The van der Waals surface area contributed by atoms with Crippen molar-refractivity contribution in [2.45, 2.75) is 47.0 Å². The number of para-hydroxylation sites is 1. The first-order valence-electron chi connectivity index (χ1n) is 8.99. The van der Waals surface area contributed by atoms with Crippen molar-refractivity contribution in [1.29, 1.82) is 0 Å². The molecule has 0 radical (unpaired) electrons. The number of fused-ring (bicyclic) bond motifs is 1. The molecule has 26 heavy (non-hydrogen) atoms. The van der Waals surface area contributed by atoms with E-state index in [0.29, 0.717) is 23.1 Å². The number of aromatic hydroxyl groups is 1. The van der Waals surface area contributed by atoms with E-state index >= 15 is 0 Å². The third-order valence-corrected chi connectivity index (χ3v) is 6.84. The van der Waals surface area contributed by atoms with Gasteiger partial charge in [-0.25, -0.2) is 0 Å².